The normalized spacial score (nSPS) is 10.4. The number of benzene rings is 1. The van der Waals surface area contributed by atoms with Gasteiger partial charge < -0.3 is 10.6 Å². The fraction of sp³-hybridized carbons (Fsp3) is 0.118. The minimum Gasteiger partial charge on any atom is -0.334 e. The summed E-state index contributed by atoms with van der Waals surface area (Å²) in [5.74, 6) is 0. The number of fused-ring (bicyclic) bond motifs is 1. The molecule has 2 heterocycles. The Hall–Kier alpha value is -2.95. The van der Waals surface area contributed by atoms with Gasteiger partial charge in [0.25, 0.3) is 0 Å². The Morgan fingerprint density at radius 3 is 2.55 bits per heavy atom. The molecule has 22 heavy (non-hydrogen) atoms. The summed E-state index contributed by atoms with van der Waals surface area (Å²) in [4.78, 5) is 20.2. The molecule has 2 amide bonds. The number of para-hydroxylation sites is 1. The van der Waals surface area contributed by atoms with E-state index in [0.29, 0.717) is 13.1 Å². The molecular weight excluding hydrogens is 276 g/mol. The van der Waals surface area contributed by atoms with E-state index in [-0.39, 0.29) is 6.03 Å². The second-order valence-corrected chi connectivity index (χ2v) is 4.88. The smallest absolute Gasteiger partial charge is 0.315 e. The summed E-state index contributed by atoms with van der Waals surface area (Å²) in [5.41, 5.74) is 2.92. The van der Waals surface area contributed by atoms with Gasteiger partial charge in [-0.1, -0.05) is 24.3 Å². The van der Waals surface area contributed by atoms with Crippen molar-refractivity contribution >= 4 is 16.9 Å². The zero-order chi connectivity index (χ0) is 15.2. The van der Waals surface area contributed by atoms with Gasteiger partial charge in [-0.25, -0.2) is 4.79 Å². The van der Waals surface area contributed by atoms with E-state index in [0.717, 1.165) is 22.0 Å². The van der Waals surface area contributed by atoms with Crippen molar-refractivity contribution in [3.63, 3.8) is 0 Å². The maximum atomic E-state index is 11.9. The molecule has 0 saturated heterocycles. The number of pyridine rings is 2. The van der Waals surface area contributed by atoms with Gasteiger partial charge in [0.05, 0.1) is 5.52 Å². The first-order valence-electron chi connectivity index (χ1n) is 7.06. The lowest BCUT2D eigenvalue weighted by atomic mass is 10.1. The molecule has 5 heteroatoms. The van der Waals surface area contributed by atoms with Crippen LogP contribution in [0.4, 0.5) is 4.79 Å². The molecule has 0 spiro atoms. The fourth-order valence-electron chi connectivity index (χ4n) is 2.23. The summed E-state index contributed by atoms with van der Waals surface area (Å²) < 4.78 is 0. The Balaban J connectivity index is 1.58. The lowest BCUT2D eigenvalue weighted by molar-refractivity contribution is 0.240. The van der Waals surface area contributed by atoms with Crippen molar-refractivity contribution in [2.75, 3.05) is 0 Å². The number of hydrogen-bond donors (Lipinski definition) is 2. The Kier molecular flexibility index (Phi) is 4.25. The van der Waals surface area contributed by atoms with E-state index in [4.69, 9.17) is 0 Å². The number of nitrogens with zero attached hydrogens (tertiary/aromatic N) is 2. The highest BCUT2D eigenvalue weighted by atomic mass is 16.2. The maximum absolute atomic E-state index is 11.9. The summed E-state index contributed by atoms with van der Waals surface area (Å²) in [5, 5.41) is 6.74. The summed E-state index contributed by atoms with van der Waals surface area (Å²) in [7, 11) is 0. The van der Waals surface area contributed by atoms with Crippen LogP contribution < -0.4 is 10.6 Å². The van der Waals surface area contributed by atoms with Gasteiger partial charge in [0.1, 0.15) is 0 Å². The van der Waals surface area contributed by atoms with Crippen molar-refractivity contribution in [1.82, 2.24) is 20.6 Å². The number of aromatic nitrogens is 2. The Morgan fingerprint density at radius 1 is 0.909 bits per heavy atom. The van der Waals surface area contributed by atoms with Gasteiger partial charge in [-0.3, -0.25) is 9.97 Å². The first-order chi connectivity index (χ1) is 10.8. The third-order valence-corrected chi connectivity index (χ3v) is 3.36. The highest BCUT2D eigenvalue weighted by molar-refractivity contribution is 5.82. The van der Waals surface area contributed by atoms with Crippen LogP contribution in [0.3, 0.4) is 0 Å². The topological polar surface area (TPSA) is 66.9 Å². The van der Waals surface area contributed by atoms with Crippen LogP contribution in [0, 0.1) is 0 Å². The number of amides is 2. The molecule has 0 fully saturated rings. The number of hydrogen-bond acceptors (Lipinski definition) is 3. The van der Waals surface area contributed by atoms with Crippen LogP contribution >= 0.6 is 0 Å². The zero-order valence-electron chi connectivity index (χ0n) is 12.0. The van der Waals surface area contributed by atoms with Crippen molar-refractivity contribution in [2.24, 2.45) is 0 Å². The number of nitrogens with one attached hydrogen (secondary N) is 2. The van der Waals surface area contributed by atoms with Crippen molar-refractivity contribution in [3.8, 4) is 0 Å². The molecule has 0 aliphatic rings. The fourth-order valence-corrected chi connectivity index (χ4v) is 2.23. The summed E-state index contributed by atoms with van der Waals surface area (Å²) in [6.45, 7) is 0.915. The van der Waals surface area contributed by atoms with Crippen LogP contribution in [0.1, 0.15) is 11.1 Å². The minimum absolute atomic E-state index is 0.204. The van der Waals surface area contributed by atoms with Gasteiger partial charge in [0.2, 0.25) is 0 Å². The molecule has 1 aromatic carbocycles. The van der Waals surface area contributed by atoms with Crippen LogP contribution in [0.25, 0.3) is 10.9 Å². The molecule has 0 saturated carbocycles. The van der Waals surface area contributed by atoms with E-state index in [1.165, 1.54) is 0 Å². The average molecular weight is 292 g/mol. The van der Waals surface area contributed by atoms with Crippen molar-refractivity contribution < 1.29 is 4.79 Å². The number of urea groups is 1. The molecule has 0 aliphatic heterocycles. The molecule has 3 rings (SSSR count). The van der Waals surface area contributed by atoms with Crippen LogP contribution in [0.5, 0.6) is 0 Å². The lowest BCUT2D eigenvalue weighted by Crippen LogP contribution is -2.34. The third kappa shape index (κ3) is 3.38. The first-order valence-corrected chi connectivity index (χ1v) is 7.06. The summed E-state index contributed by atoms with van der Waals surface area (Å²) >= 11 is 0. The van der Waals surface area contributed by atoms with Gasteiger partial charge in [-0.15, -0.1) is 0 Å². The second kappa shape index (κ2) is 6.67. The number of rotatable bonds is 4. The Labute approximate surface area is 128 Å². The molecule has 0 unspecified atom stereocenters. The SMILES string of the molecule is O=C(NCc1ccncc1)NCc1cccc2cccnc12. The predicted octanol–water partition coefficient (Wildman–Crippen LogP) is 2.63. The first kappa shape index (κ1) is 14.0. The van der Waals surface area contributed by atoms with Gasteiger partial charge in [0.15, 0.2) is 0 Å². The molecule has 2 aromatic heterocycles. The van der Waals surface area contributed by atoms with Gasteiger partial charge in [-0.05, 0) is 29.3 Å². The lowest BCUT2D eigenvalue weighted by Gasteiger charge is -2.09. The molecule has 110 valence electrons. The molecule has 0 aliphatic carbocycles. The summed E-state index contributed by atoms with van der Waals surface area (Å²) in [6, 6.07) is 13.4. The number of carbonyl (C=O) groups is 1. The Bertz CT molecular complexity index is 768. The highest BCUT2D eigenvalue weighted by Crippen LogP contribution is 2.15. The highest BCUT2D eigenvalue weighted by Gasteiger charge is 2.04. The molecule has 3 aromatic rings. The van der Waals surface area contributed by atoms with Crippen molar-refractivity contribution in [1.29, 1.82) is 0 Å². The van der Waals surface area contributed by atoms with Crippen LogP contribution in [0.2, 0.25) is 0 Å². The van der Waals surface area contributed by atoms with Crippen molar-refractivity contribution in [2.45, 2.75) is 13.1 Å². The van der Waals surface area contributed by atoms with Gasteiger partial charge in [-0.2, -0.15) is 0 Å². The van der Waals surface area contributed by atoms with Gasteiger partial charge >= 0.3 is 6.03 Å². The molecule has 0 atom stereocenters. The Morgan fingerprint density at radius 2 is 1.68 bits per heavy atom. The quantitative estimate of drug-likeness (QED) is 0.777. The van der Waals surface area contributed by atoms with E-state index in [2.05, 4.69) is 20.6 Å². The molecule has 5 nitrogen and oxygen atoms in total. The van der Waals surface area contributed by atoms with E-state index in [1.807, 2.05) is 42.5 Å². The largest absolute Gasteiger partial charge is 0.334 e. The van der Waals surface area contributed by atoms with Gasteiger partial charge in [0, 0.05) is 37.1 Å². The number of carbonyl (C=O) groups excluding carboxylic acids is 1. The van der Waals surface area contributed by atoms with Crippen LogP contribution in [0.15, 0.2) is 61.1 Å². The van der Waals surface area contributed by atoms with E-state index >= 15 is 0 Å². The van der Waals surface area contributed by atoms with Crippen LogP contribution in [-0.2, 0) is 13.1 Å². The van der Waals surface area contributed by atoms with E-state index in [1.54, 1.807) is 18.6 Å². The van der Waals surface area contributed by atoms with Crippen LogP contribution in [-0.4, -0.2) is 16.0 Å². The predicted molar refractivity (Wildman–Crippen MR) is 85.1 cm³/mol. The monoisotopic (exact) mass is 292 g/mol. The zero-order valence-corrected chi connectivity index (χ0v) is 12.0. The summed E-state index contributed by atoms with van der Waals surface area (Å²) in [6.07, 6.45) is 5.17. The third-order valence-electron chi connectivity index (χ3n) is 3.36. The molecule has 0 radical (unpaired) electrons. The maximum Gasteiger partial charge on any atom is 0.315 e. The standard InChI is InChI=1S/C17H16N4O/c22-17(20-11-13-6-9-18-10-7-13)21-12-15-4-1-3-14-5-2-8-19-16(14)15/h1-10H,11-12H2,(H2,20,21,22). The average Bonchev–Trinajstić information content (AvgIpc) is 2.59. The minimum atomic E-state index is -0.204. The molecule has 0 bridgehead atoms. The van der Waals surface area contributed by atoms with E-state index < -0.39 is 0 Å². The molecule has 2 N–H and O–H groups in total. The van der Waals surface area contributed by atoms with E-state index in [9.17, 15) is 4.79 Å². The second-order valence-electron chi connectivity index (χ2n) is 4.88. The molecular formula is C17H16N4O. The van der Waals surface area contributed by atoms with Crippen molar-refractivity contribution in [3.05, 3.63) is 72.2 Å².